The van der Waals surface area contributed by atoms with E-state index in [1.54, 1.807) is 0 Å². The number of carbonyl (C=O) groups is 1. The first kappa shape index (κ1) is 4.74. The third-order valence-electron chi connectivity index (χ3n) is 0.798. The van der Waals surface area contributed by atoms with Gasteiger partial charge in [0.2, 0.25) is 0 Å². The second kappa shape index (κ2) is 3.02. The Morgan fingerprint density at radius 3 is 2.38 bits per heavy atom. The standard InChI is InChI=1S/C6H14OSi/c1-8(2,3)6-4-5-7/h5H,4,6H2,1-3H3/i4D,5D. The highest BCUT2D eigenvalue weighted by Crippen LogP contribution is 2.08. The highest BCUT2D eigenvalue weighted by Gasteiger charge is 2.10. The van der Waals surface area contributed by atoms with Crippen molar-refractivity contribution in [2.75, 3.05) is 0 Å². The van der Waals surface area contributed by atoms with Crippen LogP contribution in [-0.2, 0) is 4.79 Å². The van der Waals surface area contributed by atoms with Crippen molar-refractivity contribution in [2.24, 2.45) is 0 Å². The first-order valence-electron chi connectivity index (χ1n) is 3.83. The molecule has 8 heavy (non-hydrogen) atoms. The van der Waals surface area contributed by atoms with Gasteiger partial charge < -0.3 is 4.79 Å². The van der Waals surface area contributed by atoms with Gasteiger partial charge in [0.05, 0.1) is 0 Å². The van der Waals surface area contributed by atoms with Crippen molar-refractivity contribution < 1.29 is 7.54 Å². The van der Waals surface area contributed by atoms with Gasteiger partial charge in [-0.05, 0) is 0 Å². The minimum atomic E-state index is -1.31. The van der Waals surface area contributed by atoms with Crippen LogP contribution >= 0.6 is 0 Å². The van der Waals surface area contributed by atoms with E-state index in [0.717, 1.165) is 0 Å². The second-order valence-electron chi connectivity index (χ2n) is 3.09. The summed E-state index contributed by atoms with van der Waals surface area (Å²) < 4.78 is 13.8. The Kier molecular flexibility index (Phi) is 1.79. The maximum atomic E-state index is 10.3. The molecule has 0 fully saturated rings. The molecular weight excluding hydrogens is 116 g/mol. The zero-order valence-corrected chi connectivity index (χ0v) is 6.69. The van der Waals surface area contributed by atoms with E-state index in [0.29, 0.717) is 6.04 Å². The summed E-state index contributed by atoms with van der Waals surface area (Å²) in [6.07, 6.45) is -1.55. The maximum Gasteiger partial charge on any atom is 0.119 e. The maximum absolute atomic E-state index is 10.3. The largest absolute Gasteiger partial charge is 0.303 e. The number of hydrogen-bond acceptors (Lipinski definition) is 1. The molecule has 0 bridgehead atoms. The van der Waals surface area contributed by atoms with Gasteiger partial charge in [-0.2, -0.15) is 0 Å². The lowest BCUT2D eigenvalue weighted by atomic mass is 10.6. The normalized spacial score (nSPS) is 18.9. The summed E-state index contributed by atoms with van der Waals surface area (Å²) in [6, 6.07) is 0.606. The van der Waals surface area contributed by atoms with Crippen molar-refractivity contribution in [3.05, 3.63) is 0 Å². The van der Waals surface area contributed by atoms with Gasteiger partial charge >= 0.3 is 0 Å². The van der Waals surface area contributed by atoms with Gasteiger partial charge in [-0.1, -0.05) is 25.7 Å². The molecule has 0 amide bonds. The first-order chi connectivity index (χ1) is 4.33. The molecule has 1 unspecified atom stereocenters. The van der Waals surface area contributed by atoms with Crippen LogP contribution in [0.2, 0.25) is 25.7 Å². The molecule has 0 heterocycles. The van der Waals surface area contributed by atoms with Crippen molar-refractivity contribution in [1.82, 2.24) is 0 Å². The van der Waals surface area contributed by atoms with Crippen LogP contribution in [0.1, 0.15) is 9.14 Å². The smallest absolute Gasteiger partial charge is 0.119 e. The average Bonchev–Trinajstić information content (AvgIpc) is 1.60. The SMILES string of the molecule is [2H]C(=O)C([2H])C[Si](C)(C)C. The molecule has 1 atom stereocenters. The Bertz CT molecular complexity index is 130. The van der Waals surface area contributed by atoms with Gasteiger partial charge in [0.15, 0.2) is 0 Å². The van der Waals surface area contributed by atoms with E-state index >= 15 is 0 Å². The molecule has 0 aromatic rings. The molecule has 48 valence electrons. The van der Waals surface area contributed by atoms with Gasteiger partial charge in [0, 0.05) is 15.8 Å². The van der Waals surface area contributed by atoms with E-state index in [9.17, 15) is 4.79 Å². The van der Waals surface area contributed by atoms with Gasteiger partial charge in [-0.25, -0.2) is 0 Å². The Morgan fingerprint density at radius 2 is 2.25 bits per heavy atom. The number of aldehydes is 1. The van der Waals surface area contributed by atoms with E-state index in [4.69, 9.17) is 2.74 Å². The average molecular weight is 132 g/mol. The zero-order chi connectivity index (χ0) is 8.36. The Hall–Kier alpha value is -0.113. The molecule has 0 aromatic heterocycles. The van der Waals surface area contributed by atoms with E-state index in [1.165, 1.54) is 0 Å². The van der Waals surface area contributed by atoms with Crippen LogP contribution in [0.4, 0.5) is 0 Å². The van der Waals surface area contributed by atoms with Crippen molar-refractivity contribution in [3.63, 3.8) is 0 Å². The zero-order valence-electron chi connectivity index (χ0n) is 7.69. The topological polar surface area (TPSA) is 17.1 Å². The third-order valence-corrected chi connectivity index (χ3v) is 2.23. The predicted octanol–water partition coefficient (Wildman–Crippen LogP) is 1.91. The van der Waals surface area contributed by atoms with Gasteiger partial charge in [-0.15, -0.1) is 0 Å². The lowest BCUT2D eigenvalue weighted by molar-refractivity contribution is -0.107. The van der Waals surface area contributed by atoms with Gasteiger partial charge in [-0.3, -0.25) is 0 Å². The minimum Gasteiger partial charge on any atom is -0.303 e. The highest BCUT2D eigenvalue weighted by atomic mass is 28.3. The summed E-state index contributed by atoms with van der Waals surface area (Å²) in [7, 11) is -1.31. The lowest BCUT2D eigenvalue weighted by Crippen LogP contribution is -2.18. The predicted molar refractivity (Wildman–Crippen MR) is 38.8 cm³/mol. The molecular formula is C6H14OSi. The summed E-state index contributed by atoms with van der Waals surface area (Å²) in [5.41, 5.74) is 0. The Labute approximate surface area is 54.9 Å². The molecule has 0 saturated carbocycles. The van der Waals surface area contributed by atoms with Crippen LogP contribution in [0, 0.1) is 0 Å². The molecule has 0 aliphatic carbocycles. The Morgan fingerprint density at radius 1 is 1.75 bits per heavy atom. The molecule has 0 N–H and O–H groups in total. The van der Waals surface area contributed by atoms with Crippen LogP contribution in [0.3, 0.4) is 0 Å². The molecule has 0 aliphatic heterocycles. The summed E-state index contributed by atoms with van der Waals surface area (Å²) in [5, 5.41) is 0. The minimum absolute atomic E-state index is 0.606. The summed E-state index contributed by atoms with van der Waals surface area (Å²) in [5.74, 6) is 0. The quantitative estimate of drug-likeness (QED) is 0.423. The molecule has 0 aromatic carbocycles. The lowest BCUT2D eigenvalue weighted by Gasteiger charge is -2.11. The van der Waals surface area contributed by atoms with Crippen LogP contribution in [0.25, 0.3) is 0 Å². The summed E-state index contributed by atoms with van der Waals surface area (Å²) >= 11 is 0. The van der Waals surface area contributed by atoms with Gasteiger partial charge in [0.25, 0.3) is 0 Å². The Balaban J connectivity index is 3.80. The fourth-order valence-electron chi connectivity index (χ4n) is 0.348. The number of rotatable bonds is 3. The molecule has 2 heteroatoms. The van der Waals surface area contributed by atoms with Crippen LogP contribution in [0.5, 0.6) is 0 Å². The number of carbonyl (C=O) groups excluding carboxylic acids is 1. The monoisotopic (exact) mass is 132 g/mol. The summed E-state index contributed by atoms with van der Waals surface area (Å²) in [6.45, 7) is 6.28. The van der Waals surface area contributed by atoms with Crippen molar-refractivity contribution in [3.8, 4) is 0 Å². The molecule has 0 saturated heterocycles. The third kappa shape index (κ3) is 5.89. The number of hydrogen-bond donors (Lipinski definition) is 0. The van der Waals surface area contributed by atoms with E-state index < -0.39 is 20.7 Å². The van der Waals surface area contributed by atoms with Crippen molar-refractivity contribution in [1.29, 1.82) is 0 Å². The molecule has 0 radical (unpaired) electrons. The van der Waals surface area contributed by atoms with Crippen molar-refractivity contribution >= 4 is 14.3 Å². The van der Waals surface area contributed by atoms with Crippen LogP contribution in [0.15, 0.2) is 0 Å². The molecule has 0 rings (SSSR count). The molecule has 0 spiro atoms. The molecule has 0 aliphatic rings. The summed E-state index contributed by atoms with van der Waals surface area (Å²) in [4.78, 5) is 10.3. The fraction of sp³-hybridized carbons (Fsp3) is 0.833. The second-order valence-corrected chi connectivity index (χ2v) is 8.62. The fourth-order valence-corrected chi connectivity index (χ4v) is 1.04. The first-order valence-corrected chi connectivity index (χ1v) is 6.46. The van der Waals surface area contributed by atoms with E-state index in [1.807, 2.05) is 0 Å². The highest BCUT2D eigenvalue weighted by molar-refractivity contribution is 6.76. The van der Waals surface area contributed by atoms with Gasteiger partial charge in [0.1, 0.15) is 7.63 Å². The van der Waals surface area contributed by atoms with Crippen molar-refractivity contribution in [2.45, 2.75) is 32.1 Å². The van der Waals surface area contributed by atoms with Crippen LogP contribution < -0.4 is 0 Å². The van der Waals surface area contributed by atoms with Crippen LogP contribution in [-0.4, -0.2) is 14.3 Å². The molecule has 1 nitrogen and oxygen atoms in total. The van der Waals surface area contributed by atoms with E-state index in [2.05, 4.69) is 19.6 Å². The van der Waals surface area contributed by atoms with E-state index in [-0.39, 0.29) is 0 Å².